The van der Waals surface area contributed by atoms with E-state index < -0.39 is 0 Å². The highest BCUT2D eigenvalue weighted by molar-refractivity contribution is 6.30. The molecule has 6 nitrogen and oxygen atoms in total. The SMILES string of the molecule is CN=C(NCc1cccc(OC)c1)NCC1(c2cc(Cl)ccc2OC)CCOCC1. The van der Waals surface area contributed by atoms with Crippen molar-refractivity contribution in [1.82, 2.24) is 10.6 Å². The first-order valence-electron chi connectivity index (χ1n) is 10.1. The predicted octanol–water partition coefficient (Wildman–Crippen LogP) is 3.77. The standard InChI is InChI=1S/C23H30ClN3O3/c1-25-22(26-15-17-5-4-6-19(13-17)28-2)27-16-23(9-11-30-12-10-23)20-14-18(24)7-8-21(20)29-3/h4-8,13-14H,9-12,15-16H2,1-3H3,(H2,25,26,27). The molecule has 0 saturated carbocycles. The molecule has 2 aromatic rings. The highest BCUT2D eigenvalue weighted by Gasteiger charge is 2.37. The van der Waals surface area contributed by atoms with Crippen molar-refractivity contribution in [2.24, 2.45) is 4.99 Å². The maximum Gasteiger partial charge on any atom is 0.191 e. The highest BCUT2D eigenvalue weighted by Crippen LogP contribution is 2.40. The van der Waals surface area contributed by atoms with E-state index in [4.69, 9.17) is 25.8 Å². The number of hydrogen-bond acceptors (Lipinski definition) is 4. The molecule has 0 aliphatic carbocycles. The number of rotatable bonds is 7. The van der Waals surface area contributed by atoms with Gasteiger partial charge in [-0.05, 0) is 48.7 Å². The maximum atomic E-state index is 6.33. The summed E-state index contributed by atoms with van der Waals surface area (Å²) in [6.45, 7) is 2.75. The lowest BCUT2D eigenvalue weighted by Crippen LogP contribution is -2.48. The summed E-state index contributed by atoms with van der Waals surface area (Å²) in [5, 5.41) is 7.59. The first-order valence-corrected chi connectivity index (χ1v) is 10.5. The van der Waals surface area contributed by atoms with Gasteiger partial charge in [0.25, 0.3) is 0 Å². The van der Waals surface area contributed by atoms with Gasteiger partial charge in [-0.3, -0.25) is 4.99 Å². The van der Waals surface area contributed by atoms with E-state index in [0.29, 0.717) is 31.3 Å². The molecule has 0 spiro atoms. The summed E-state index contributed by atoms with van der Waals surface area (Å²) >= 11 is 6.33. The summed E-state index contributed by atoms with van der Waals surface area (Å²) in [4.78, 5) is 4.39. The maximum absolute atomic E-state index is 6.33. The minimum absolute atomic E-state index is 0.151. The highest BCUT2D eigenvalue weighted by atomic mass is 35.5. The fraction of sp³-hybridized carbons (Fsp3) is 0.435. The molecule has 0 radical (unpaired) electrons. The molecule has 3 rings (SSSR count). The fourth-order valence-electron chi connectivity index (χ4n) is 3.84. The van der Waals surface area contributed by atoms with Crippen LogP contribution >= 0.6 is 11.6 Å². The van der Waals surface area contributed by atoms with Crippen molar-refractivity contribution in [2.45, 2.75) is 24.8 Å². The molecule has 2 aromatic carbocycles. The number of ether oxygens (including phenoxy) is 3. The van der Waals surface area contributed by atoms with Crippen LogP contribution < -0.4 is 20.1 Å². The van der Waals surface area contributed by atoms with Gasteiger partial charge in [0.15, 0.2) is 5.96 Å². The summed E-state index contributed by atoms with van der Waals surface area (Å²) in [7, 11) is 5.14. The normalized spacial score (nSPS) is 16.1. The van der Waals surface area contributed by atoms with Crippen LogP contribution in [0.25, 0.3) is 0 Å². The van der Waals surface area contributed by atoms with Crippen LogP contribution in [0.4, 0.5) is 0 Å². The fourth-order valence-corrected chi connectivity index (χ4v) is 4.01. The average Bonchev–Trinajstić information content (AvgIpc) is 2.80. The number of halogens is 1. The van der Waals surface area contributed by atoms with E-state index in [1.165, 1.54) is 0 Å². The Morgan fingerprint density at radius 1 is 1.10 bits per heavy atom. The molecule has 0 bridgehead atoms. The first kappa shape index (κ1) is 22.2. The van der Waals surface area contributed by atoms with E-state index in [1.54, 1.807) is 21.3 Å². The van der Waals surface area contributed by atoms with Crippen molar-refractivity contribution in [3.8, 4) is 11.5 Å². The average molecular weight is 432 g/mol. The molecular formula is C23H30ClN3O3. The number of nitrogens with one attached hydrogen (secondary N) is 2. The van der Waals surface area contributed by atoms with E-state index in [9.17, 15) is 0 Å². The van der Waals surface area contributed by atoms with Crippen molar-refractivity contribution in [3.63, 3.8) is 0 Å². The molecule has 7 heteroatoms. The van der Waals surface area contributed by atoms with E-state index in [1.807, 2.05) is 36.4 Å². The molecule has 0 aromatic heterocycles. The Morgan fingerprint density at radius 3 is 2.60 bits per heavy atom. The molecule has 1 heterocycles. The third kappa shape index (κ3) is 5.37. The Labute approximate surface area is 183 Å². The number of aliphatic imine (C=N–C) groups is 1. The van der Waals surface area contributed by atoms with Crippen LogP contribution in [0.1, 0.15) is 24.0 Å². The lowest BCUT2D eigenvalue weighted by Gasteiger charge is -2.39. The quantitative estimate of drug-likeness (QED) is 0.516. The van der Waals surface area contributed by atoms with Gasteiger partial charge in [-0.1, -0.05) is 23.7 Å². The minimum atomic E-state index is -0.151. The van der Waals surface area contributed by atoms with Gasteiger partial charge in [-0.25, -0.2) is 0 Å². The van der Waals surface area contributed by atoms with Gasteiger partial charge in [-0.2, -0.15) is 0 Å². The van der Waals surface area contributed by atoms with Crippen molar-refractivity contribution >= 4 is 17.6 Å². The largest absolute Gasteiger partial charge is 0.497 e. The number of hydrogen-bond donors (Lipinski definition) is 2. The van der Waals surface area contributed by atoms with Crippen LogP contribution in [-0.2, 0) is 16.7 Å². The predicted molar refractivity (Wildman–Crippen MR) is 121 cm³/mol. The van der Waals surface area contributed by atoms with E-state index in [0.717, 1.165) is 41.4 Å². The minimum Gasteiger partial charge on any atom is -0.497 e. The van der Waals surface area contributed by atoms with E-state index >= 15 is 0 Å². The Morgan fingerprint density at radius 2 is 1.90 bits per heavy atom. The summed E-state index contributed by atoms with van der Waals surface area (Å²) < 4.78 is 16.6. The summed E-state index contributed by atoms with van der Waals surface area (Å²) in [5.41, 5.74) is 2.08. The van der Waals surface area contributed by atoms with E-state index in [2.05, 4.69) is 21.7 Å². The molecule has 0 unspecified atom stereocenters. The second-order valence-corrected chi connectivity index (χ2v) is 7.80. The first-order chi connectivity index (χ1) is 14.6. The Balaban J connectivity index is 1.73. The molecular weight excluding hydrogens is 402 g/mol. The number of nitrogens with zero attached hydrogens (tertiary/aromatic N) is 1. The summed E-state index contributed by atoms with van der Waals surface area (Å²) in [6, 6.07) is 13.8. The molecule has 30 heavy (non-hydrogen) atoms. The summed E-state index contributed by atoms with van der Waals surface area (Å²) in [6.07, 6.45) is 1.76. The zero-order valence-corrected chi connectivity index (χ0v) is 18.6. The van der Waals surface area contributed by atoms with Gasteiger partial charge >= 0.3 is 0 Å². The van der Waals surface area contributed by atoms with Gasteiger partial charge < -0.3 is 24.8 Å². The van der Waals surface area contributed by atoms with Crippen LogP contribution in [0.2, 0.25) is 5.02 Å². The Bertz CT molecular complexity index is 867. The molecule has 1 aliphatic heterocycles. The Kier molecular flexibility index (Phi) is 7.82. The topological polar surface area (TPSA) is 64.1 Å². The van der Waals surface area contributed by atoms with Crippen molar-refractivity contribution in [3.05, 3.63) is 58.6 Å². The van der Waals surface area contributed by atoms with Gasteiger partial charge in [0.05, 0.1) is 14.2 Å². The zero-order valence-electron chi connectivity index (χ0n) is 17.8. The van der Waals surface area contributed by atoms with Crippen LogP contribution in [-0.4, -0.2) is 47.0 Å². The number of guanidine groups is 1. The molecule has 1 aliphatic rings. The molecule has 0 atom stereocenters. The molecule has 2 N–H and O–H groups in total. The molecule has 1 saturated heterocycles. The van der Waals surface area contributed by atoms with Crippen LogP contribution in [0.3, 0.4) is 0 Å². The van der Waals surface area contributed by atoms with Gasteiger partial charge in [0, 0.05) is 49.4 Å². The number of methoxy groups -OCH3 is 2. The van der Waals surface area contributed by atoms with Crippen molar-refractivity contribution < 1.29 is 14.2 Å². The lowest BCUT2D eigenvalue weighted by atomic mass is 9.73. The molecule has 1 fully saturated rings. The Hall–Kier alpha value is -2.44. The van der Waals surface area contributed by atoms with Gasteiger partial charge in [0.1, 0.15) is 11.5 Å². The van der Waals surface area contributed by atoms with Crippen molar-refractivity contribution in [1.29, 1.82) is 0 Å². The van der Waals surface area contributed by atoms with Gasteiger partial charge in [0.2, 0.25) is 0 Å². The van der Waals surface area contributed by atoms with Crippen molar-refractivity contribution in [2.75, 3.05) is 41.0 Å². The third-order valence-electron chi connectivity index (χ3n) is 5.59. The monoisotopic (exact) mass is 431 g/mol. The zero-order chi connectivity index (χ0) is 21.4. The smallest absolute Gasteiger partial charge is 0.191 e. The van der Waals surface area contributed by atoms with Crippen LogP contribution in [0, 0.1) is 0 Å². The summed E-state index contributed by atoms with van der Waals surface area (Å²) in [5.74, 6) is 2.43. The second-order valence-electron chi connectivity index (χ2n) is 7.37. The van der Waals surface area contributed by atoms with E-state index in [-0.39, 0.29) is 5.41 Å². The molecule has 162 valence electrons. The van der Waals surface area contributed by atoms with Crippen LogP contribution in [0.5, 0.6) is 11.5 Å². The third-order valence-corrected chi connectivity index (χ3v) is 5.83. The lowest BCUT2D eigenvalue weighted by molar-refractivity contribution is 0.0505. The second kappa shape index (κ2) is 10.5. The molecule has 0 amide bonds. The van der Waals surface area contributed by atoms with Crippen LogP contribution in [0.15, 0.2) is 47.5 Å². The number of benzene rings is 2. The van der Waals surface area contributed by atoms with Gasteiger partial charge in [-0.15, -0.1) is 0 Å².